The number of morpholine rings is 1. The van der Waals surface area contributed by atoms with Crippen molar-refractivity contribution in [2.45, 2.75) is 12.8 Å². The molecule has 0 unspecified atom stereocenters. The minimum Gasteiger partial charge on any atom is -0.378 e. The first-order valence-electron chi connectivity index (χ1n) is 7.46. The fraction of sp³-hybridized carbons (Fsp3) is 0.846. The van der Waals surface area contributed by atoms with Crippen molar-refractivity contribution in [2.24, 2.45) is 5.92 Å². The maximum Gasteiger partial charge on any atom is 0.242 e. The average molecular weight is 333 g/mol. The van der Waals surface area contributed by atoms with Gasteiger partial charge in [-0.25, -0.2) is 12.7 Å². The van der Waals surface area contributed by atoms with E-state index in [2.05, 4.69) is 5.32 Å². The van der Waals surface area contributed by atoms with Crippen LogP contribution >= 0.6 is 0 Å². The van der Waals surface area contributed by atoms with E-state index in [1.54, 1.807) is 4.90 Å². The van der Waals surface area contributed by atoms with Crippen molar-refractivity contribution in [2.75, 3.05) is 52.2 Å². The first kappa shape index (κ1) is 17.2. The Bertz CT molecular complexity index is 508. The molecule has 126 valence electrons. The number of amides is 2. The molecule has 2 rings (SSSR count). The molecule has 22 heavy (non-hydrogen) atoms. The van der Waals surface area contributed by atoms with Crippen LogP contribution in [0, 0.1) is 5.92 Å². The van der Waals surface area contributed by atoms with Crippen LogP contribution in [-0.4, -0.2) is 81.6 Å². The summed E-state index contributed by atoms with van der Waals surface area (Å²) in [5.74, 6) is -0.504. The van der Waals surface area contributed by atoms with E-state index in [9.17, 15) is 18.0 Å². The Balaban J connectivity index is 1.73. The summed E-state index contributed by atoms with van der Waals surface area (Å²) in [4.78, 5) is 25.7. The summed E-state index contributed by atoms with van der Waals surface area (Å²) in [6, 6.07) is 0. The number of piperidine rings is 1. The summed E-state index contributed by atoms with van der Waals surface area (Å²) in [6.07, 6.45) is 2.16. The smallest absolute Gasteiger partial charge is 0.242 e. The van der Waals surface area contributed by atoms with E-state index in [0.29, 0.717) is 52.2 Å². The molecule has 2 aliphatic rings. The van der Waals surface area contributed by atoms with E-state index < -0.39 is 10.0 Å². The number of nitrogens with zero attached hydrogens (tertiary/aromatic N) is 2. The van der Waals surface area contributed by atoms with Gasteiger partial charge < -0.3 is 15.0 Å². The number of rotatable bonds is 4. The molecular formula is C13H23N3O5S. The Morgan fingerprint density at radius 3 is 2.27 bits per heavy atom. The second kappa shape index (κ2) is 7.38. The zero-order valence-corrected chi connectivity index (χ0v) is 13.6. The highest BCUT2D eigenvalue weighted by atomic mass is 32.2. The van der Waals surface area contributed by atoms with Crippen LogP contribution in [0.3, 0.4) is 0 Å². The van der Waals surface area contributed by atoms with E-state index in [0.717, 1.165) is 0 Å². The molecule has 2 heterocycles. The molecule has 0 aromatic carbocycles. The van der Waals surface area contributed by atoms with E-state index in [4.69, 9.17) is 4.74 Å². The lowest BCUT2D eigenvalue weighted by Gasteiger charge is -2.30. The molecule has 1 N–H and O–H groups in total. The minimum atomic E-state index is -3.19. The molecule has 0 atom stereocenters. The standard InChI is InChI=1S/C13H23N3O5S/c1-22(19,20)16-4-2-11(3-5-16)13(18)14-10-12(17)15-6-8-21-9-7-15/h11H,2-10H2,1H3,(H,14,18). The SMILES string of the molecule is CS(=O)(=O)N1CCC(C(=O)NCC(=O)N2CCOCC2)CC1. The lowest BCUT2D eigenvalue weighted by atomic mass is 9.97. The molecule has 2 saturated heterocycles. The predicted octanol–water partition coefficient (Wildman–Crippen LogP) is -1.37. The molecule has 0 radical (unpaired) electrons. The predicted molar refractivity (Wildman–Crippen MR) is 79.5 cm³/mol. The first-order chi connectivity index (χ1) is 10.4. The largest absolute Gasteiger partial charge is 0.378 e. The van der Waals surface area contributed by atoms with Gasteiger partial charge in [0.1, 0.15) is 0 Å². The topological polar surface area (TPSA) is 96.0 Å². The van der Waals surface area contributed by atoms with Crippen molar-refractivity contribution in [1.29, 1.82) is 0 Å². The molecule has 2 fully saturated rings. The van der Waals surface area contributed by atoms with Gasteiger partial charge in [-0.15, -0.1) is 0 Å². The monoisotopic (exact) mass is 333 g/mol. The fourth-order valence-corrected chi connectivity index (χ4v) is 3.56. The van der Waals surface area contributed by atoms with Crippen LogP contribution in [0.5, 0.6) is 0 Å². The Hall–Kier alpha value is -1.19. The second-order valence-corrected chi connectivity index (χ2v) is 7.63. The summed E-state index contributed by atoms with van der Waals surface area (Å²) < 4.78 is 29.4. The third kappa shape index (κ3) is 4.65. The highest BCUT2D eigenvalue weighted by molar-refractivity contribution is 7.88. The third-order valence-electron chi connectivity index (χ3n) is 4.07. The van der Waals surface area contributed by atoms with Gasteiger partial charge in [0, 0.05) is 32.1 Å². The fourth-order valence-electron chi connectivity index (χ4n) is 2.68. The van der Waals surface area contributed by atoms with E-state index >= 15 is 0 Å². The van der Waals surface area contributed by atoms with Gasteiger partial charge in [0.25, 0.3) is 0 Å². The molecule has 0 aliphatic carbocycles. The zero-order valence-electron chi connectivity index (χ0n) is 12.8. The molecule has 0 aromatic heterocycles. The van der Waals surface area contributed by atoms with Crippen molar-refractivity contribution in [1.82, 2.24) is 14.5 Å². The Labute approximate surface area is 130 Å². The Kier molecular flexibility index (Phi) is 5.76. The van der Waals surface area contributed by atoms with Crippen LogP contribution in [0.4, 0.5) is 0 Å². The Morgan fingerprint density at radius 2 is 1.73 bits per heavy atom. The number of carbonyl (C=O) groups excluding carboxylic acids is 2. The highest BCUT2D eigenvalue weighted by Crippen LogP contribution is 2.19. The summed E-state index contributed by atoms with van der Waals surface area (Å²) in [6.45, 7) is 2.88. The molecule has 0 bridgehead atoms. The van der Waals surface area contributed by atoms with Gasteiger partial charge in [-0.2, -0.15) is 0 Å². The minimum absolute atomic E-state index is 0.00881. The summed E-state index contributed by atoms with van der Waals surface area (Å²) >= 11 is 0. The van der Waals surface area contributed by atoms with E-state index in [1.807, 2.05) is 0 Å². The molecule has 8 nitrogen and oxygen atoms in total. The van der Waals surface area contributed by atoms with Crippen molar-refractivity contribution in [3.05, 3.63) is 0 Å². The normalized spacial score (nSPS) is 21.6. The van der Waals surface area contributed by atoms with Gasteiger partial charge in [0.15, 0.2) is 0 Å². The lowest BCUT2D eigenvalue weighted by molar-refractivity contribution is -0.137. The summed E-state index contributed by atoms with van der Waals surface area (Å²) in [5, 5.41) is 2.66. The van der Waals surface area contributed by atoms with Crippen molar-refractivity contribution >= 4 is 21.8 Å². The number of sulfonamides is 1. The quantitative estimate of drug-likeness (QED) is 0.685. The number of nitrogens with one attached hydrogen (secondary N) is 1. The molecular weight excluding hydrogens is 310 g/mol. The van der Waals surface area contributed by atoms with Gasteiger partial charge in [0.2, 0.25) is 21.8 Å². The number of hydrogen-bond donors (Lipinski definition) is 1. The maximum absolute atomic E-state index is 12.1. The molecule has 0 spiro atoms. The van der Waals surface area contributed by atoms with Gasteiger partial charge in [-0.05, 0) is 12.8 Å². The van der Waals surface area contributed by atoms with Gasteiger partial charge >= 0.3 is 0 Å². The Morgan fingerprint density at radius 1 is 1.14 bits per heavy atom. The summed E-state index contributed by atoms with van der Waals surface area (Å²) in [5.41, 5.74) is 0. The van der Waals surface area contributed by atoms with Crippen LogP contribution in [-0.2, 0) is 24.3 Å². The van der Waals surface area contributed by atoms with Gasteiger partial charge in [0.05, 0.1) is 26.0 Å². The molecule has 9 heteroatoms. The first-order valence-corrected chi connectivity index (χ1v) is 9.31. The maximum atomic E-state index is 12.1. The van der Waals surface area contributed by atoms with Crippen LogP contribution in [0.15, 0.2) is 0 Å². The molecule has 2 aliphatic heterocycles. The molecule has 2 amide bonds. The second-order valence-electron chi connectivity index (χ2n) is 5.65. The van der Waals surface area contributed by atoms with E-state index in [-0.39, 0.29) is 24.3 Å². The zero-order chi connectivity index (χ0) is 16.2. The van der Waals surface area contributed by atoms with Crippen molar-refractivity contribution in [3.63, 3.8) is 0 Å². The number of ether oxygens (including phenoxy) is 1. The van der Waals surface area contributed by atoms with Crippen LogP contribution < -0.4 is 5.32 Å². The van der Waals surface area contributed by atoms with Crippen molar-refractivity contribution < 1.29 is 22.7 Å². The third-order valence-corrected chi connectivity index (χ3v) is 5.37. The van der Waals surface area contributed by atoms with Crippen LogP contribution in [0.2, 0.25) is 0 Å². The van der Waals surface area contributed by atoms with Gasteiger partial charge in [-0.1, -0.05) is 0 Å². The molecule has 0 saturated carbocycles. The van der Waals surface area contributed by atoms with Crippen LogP contribution in [0.1, 0.15) is 12.8 Å². The van der Waals surface area contributed by atoms with E-state index in [1.165, 1.54) is 10.6 Å². The number of carbonyl (C=O) groups is 2. The summed E-state index contributed by atoms with van der Waals surface area (Å²) in [7, 11) is -3.19. The van der Waals surface area contributed by atoms with Crippen molar-refractivity contribution in [3.8, 4) is 0 Å². The lowest BCUT2D eigenvalue weighted by Crippen LogP contribution is -2.48. The van der Waals surface area contributed by atoms with Crippen LogP contribution in [0.25, 0.3) is 0 Å². The molecule has 0 aromatic rings. The van der Waals surface area contributed by atoms with Gasteiger partial charge in [-0.3, -0.25) is 9.59 Å². The number of hydrogen-bond acceptors (Lipinski definition) is 5. The highest BCUT2D eigenvalue weighted by Gasteiger charge is 2.29. The average Bonchev–Trinajstić information content (AvgIpc) is 2.52.